The molecule has 0 aromatic rings. The molecule has 0 saturated carbocycles. The van der Waals surface area contributed by atoms with Gasteiger partial charge in [-0.05, 0) is 19.8 Å². The van der Waals surface area contributed by atoms with E-state index >= 15 is 0 Å². The molecule has 5 unspecified atom stereocenters. The molecule has 1 rings (SSSR count). The monoisotopic (exact) mass is 406 g/mol. The second-order valence-electron chi connectivity index (χ2n) is 6.28. The van der Waals surface area contributed by atoms with Gasteiger partial charge in [-0.2, -0.15) is 12.6 Å². The van der Waals surface area contributed by atoms with E-state index in [0.29, 0.717) is 12.8 Å². The summed E-state index contributed by atoms with van der Waals surface area (Å²) in [6.07, 6.45) is -0.224. The van der Waals surface area contributed by atoms with Crippen LogP contribution in [0.1, 0.15) is 19.8 Å². The molecule has 7 N–H and O–H groups in total. The molecule has 154 valence electrons. The van der Waals surface area contributed by atoms with Crippen molar-refractivity contribution in [3.05, 3.63) is 0 Å². The standard InChI is InChI=1S/C15H26N4O7S/c1-7(21)11(16)14(24)19-4-2-3-10(19)13(23)17-8(5-20)12(22)18-9(6-27)15(25)26/h7-11,20-21,27H,2-6,16H2,1H3,(H,17,23)(H,18,22)(H,25,26). The summed E-state index contributed by atoms with van der Waals surface area (Å²) in [6.45, 7) is 0.874. The van der Waals surface area contributed by atoms with Crippen LogP contribution in [0.25, 0.3) is 0 Å². The highest BCUT2D eigenvalue weighted by Gasteiger charge is 2.38. The van der Waals surface area contributed by atoms with Gasteiger partial charge in [-0.1, -0.05) is 0 Å². The van der Waals surface area contributed by atoms with E-state index in [2.05, 4.69) is 23.3 Å². The fraction of sp³-hybridized carbons (Fsp3) is 0.733. The third-order valence-electron chi connectivity index (χ3n) is 4.26. The molecular formula is C15H26N4O7S. The Labute approximate surface area is 161 Å². The van der Waals surface area contributed by atoms with Gasteiger partial charge in [0.2, 0.25) is 17.7 Å². The lowest BCUT2D eigenvalue weighted by molar-refractivity contribution is -0.143. The van der Waals surface area contributed by atoms with E-state index in [9.17, 15) is 29.4 Å². The van der Waals surface area contributed by atoms with E-state index in [4.69, 9.17) is 10.8 Å². The summed E-state index contributed by atoms with van der Waals surface area (Å²) in [4.78, 5) is 49.1. The first kappa shape index (κ1) is 23.1. The van der Waals surface area contributed by atoms with Gasteiger partial charge in [-0.3, -0.25) is 14.4 Å². The second-order valence-corrected chi connectivity index (χ2v) is 6.65. The summed E-state index contributed by atoms with van der Waals surface area (Å²) < 4.78 is 0. The van der Waals surface area contributed by atoms with Crippen LogP contribution in [-0.2, 0) is 19.2 Å². The molecule has 0 bridgehead atoms. The molecule has 5 atom stereocenters. The van der Waals surface area contributed by atoms with Crippen LogP contribution in [0.2, 0.25) is 0 Å². The van der Waals surface area contributed by atoms with Crippen LogP contribution in [0.15, 0.2) is 0 Å². The first-order valence-corrected chi connectivity index (χ1v) is 9.06. The molecule has 1 heterocycles. The van der Waals surface area contributed by atoms with Crippen LogP contribution in [0, 0.1) is 0 Å². The number of aliphatic hydroxyl groups is 2. The number of nitrogens with one attached hydrogen (secondary N) is 2. The van der Waals surface area contributed by atoms with E-state index in [1.165, 1.54) is 11.8 Å². The Balaban J connectivity index is 2.77. The average Bonchev–Trinajstić information content (AvgIpc) is 3.11. The average molecular weight is 406 g/mol. The maximum Gasteiger partial charge on any atom is 0.327 e. The molecule has 27 heavy (non-hydrogen) atoms. The SMILES string of the molecule is CC(O)C(N)C(=O)N1CCCC1C(=O)NC(CO)C(=O)NC(CS)C(=O)O. The number of carbonyl (C=O) groups excluding carboxylic acids is 3. The predicted octanol–water partition coefficient (Wildman–Crippen LogP) is -3.34. The van der Waals surface area contributed by atoms with Crippen LogP contribution in [0.4, 0.5) is 0 Å². The minimum Gasteiger partial charge on any atom is -0.480 e. The first-order chi connectivity index (χ1) is 12.6. The number of hydrogen-bond acceptors (Lipinski definition) is 8. The number of thiol groups is 1. The molecular weight excluding hydrogens is 380 g/mol. The van der Waals surface area contributed by atoms with Crippen LogP contribution in [-0.4, -0.2) is 93.1 Å². The molecule has 12 heteroatoms. The topological polar surface area (TPSA) is 182 Å². The number of likely N-dealkylation sites (tertiary alicyclic amines) is 1. The molecule has 0 aliphatic carbocycles. The van der Waals surface area contributed by atoms with Crippen LogP contribution < -0.4 is 16.4 Å². The van der Waals surface area contributed by atoms with Crippen molar-refractivity contribution in [1.82, 2.24) is 15.5 Å². The summed E-state index contributed by atoms with van der Waals surface area (Å²) in [7, 11) is 0. The van der Waals surface area contributed by atoms with Gasteiger partial charge in [-0.25, -0.2) is 4.79 Å². The lowest BCUT2D eigenvalue weighted by Gasteiger charge is -2.28. The van der Waals surface area contributed by atoms with Gasteiger partial charge in [-0.15, -0.1) is 0 Å². The zero-order valence-electron chi connectivity index (χ0n) is 14.9. The van der Waals surface area contributed by atoms with Gasteiger partial charge >= 0.3 is 5.97 Å². The number of amides is 3. The maximum atomic E-state index is 12.5. The molecule has 1 aliphatic rings. The molecule has 1 fully saturated rings. The van der Waals surface area contributed by atoms with Crippen molar-refractivity contribution in [3.8, 4) is 0 Å². The Morgan fingerprint density at radius 2 is 1.89 bits per heavy atom. The Morgan fingerprint density at radius 3 is 2.37 bits per heavy atom. The van der Waals surface area contributed by atoms with E-state index in [1.807, 2.05) is 0 Å². The van der Waals surface area contributed by atoms with Gasteiger partial charge in [0.25, 0.3) is 0 Å². The van der Waals surface area contributed by atoms with E-state index in [1.54, 1.807) is 0 Å². The highest BCUT2D eigenvalue weighted by atomic mass is 32.1. The van der Waals surface area contributed by atoms with Gasteiger partial charge in [0, 0.05) is 12.3 Å². The summed E-state index contributed by atoms with van der Waals surface area (Å²) in [6, 6.07) is -4.74. The number of carboxylic acids is 1. The van der Waals surface area contributed by atoms with Crippen molar-refractivity contribution < 1.29 is 34.5 Å². The number of aliphatic hydroxyl groups excluding tert-OH is 2. The van der Waals surface area contributed by atoms with Gasteiger partial charge < -0.3 is 36.6 Å². The van der Waals surface area contributed by atoms with Crippen LogP contribution in [0.3, 0.4) is 0 Å². The van der Waals surface area contributed by atoms with Gasteiger partial charge in [0.1, 0.15) is 24.2 Å². The van der Waals surface area contributed by atoms with E-state index < -0.39 is 60.6 Å². The summed E-state index contributed by atoms with van der Waals surface area (Å²) in [5, 5.41) is 32.2. The van der Waals surface area contributed by atoms with Crippen molar-refractivity contribution in [2.45, 2.75) is 50.0 Å². The van der Waals surface area contributed by atoms with Crippen LogP contribution >= 0.6 is 12.6 Å². The smallest absolute Gasteiger partial charge is 0.327 e. The largest absolute Gasteiger partial charge is 0.480 e. The third-order valence-corrected chi connectivity index (χ3v) is 4.62. The molecule has 1 aliphatic heterocycles. The number of hydrogen-bond donors (Lipinski definition) is 7. The predicted molar refractivity (Wildman–Crippen MR) is 96.8 cm³/mol. The summed E-state index contributed by atoms with van der Waals surface area (Å²) >= 11 is 3.82. The normalized spacial score (nSPS) is 21.1. The molecule has 3 amide bonds. The molecule has 0 aromatic heterocycles. The summed E-state index contributed by atoms with van der Waals surface area (Å²) in [5.74, 6) is -3.63. The molecule has 0 spiro atoms. The molecule has 1 saturated heterocycles. The van der Waals surface area contributed by atoms with Crippen molar-refractivity contribution >= 4 is 36.3 Å². The Hall–Kier alpha value is -1.89. The first-order valence-electron chi connectivity index (χ1n) is 8.43. The zero-order chi connectivity index (χ0) is 20.7. The highest BCUT2D eigenvalue weighted by molar-refractivity contribution is 7.80. The lowest BCUT2D eigenvalue weighted by atomic mass is 10.1. The van der Waals surface area contributed by atoms with Gasteiger partial charge in [0.05, 0.1) is 12.7 Å². The third kappa shape index (κ3) is 6.06. The fourth-order valence-corrected chi connectivity index (χ4v) is 2.87. The number of carboxylic acid groups (broad SMARTS) is 1. The number of rotatable bonds is 9. The van der Waals surface area contributed by atoms with Crippen molar-refractivity contribution in [2.24, 2.45) is 5.73 Å². The molecule has 11 nitrogen and oxygen atoms in total. The number of carbonyl (C=O) groups is 4. The molecule has 0 aromatic carbocycles. The Morgan fingerprint density at radius 1 is 1.26 bits per heavy atom. The van der Waals surface area contributed by atoms with Crippen LogP contribution in [0.5, 0.6) is 0 Å². The van der Waals surface area contributed by atoms with Crippen molar-refractivity contribution in [1.29, 1.82) is 0 Å². The fourth-order valence-electron chi connectivity index (χ4n) is 2.62. The summed E-state index contributed by atoms with van der Waals surface area (Å²) in [5.41, 5.74) is 5.64. The lowest BCUT2D eigenvalue weighted by Crippen LogP contribution is -2.58. The van der Waals surface area contributed by atoms with Gasteiger partial charge in [0.15, 0.2) is 0 Å². The minimum atomic E-state index is -1.39. The Kier molecular flexibility index (Phi) is 8.96. The quantitative estimate of drug-likeness (QED) is 0.194. The zero-order valence-corrected chi connectivity index (χ0v) is 15.8. The number of nitrogens with zero attached hydrogens (tertiary/aromatic N) is 1. The van der Waals surface area contributed by atoms with Crippen molar-refractivity contribution in [2.75, 3.05) is 18.9 Å². The number of aliphatic carboxylic acids is 1. The second kappa shape index (κ2) is 10.4. The molecule has 0 radical (unpaired) electrons. The number of nitrogens with two attached hydrogens (primary N) is 1. The highest BCUT2D eigenvalue weighted by Crippen LogP contribution is 2.19. The minimum absolute atomic E-state index is 0.171. The van der Waals surface area contributed by atoms with E-state index in [0.717, 1.165) is 0 Å². The Bertz CT molecular complexity index is 574. The maximum absolute atomic E-state index is 12.5. The van der Waals surface area contributed by atoms with Crippen molar-refractivity contribution in [3.63, 3.8) is 0 Å². The van der Waals surface area contributed by atoms with E-state index in [-0.39, 0.29) is 12.3 Å².